The summed E-state index contributed by atoms with van der Waals surface area (Å²) in [5.74, 6) is -1.75. The SMILES string of the molecule is NC(=O)c1c(CCC(=O)N[C@H]2C[C@@H]2c2ccccc2)c(CCC(=O)N[C@H]2C[C@@H]2c2ccccc2)c(C(N)=O)c(CCC(=O)N[C@H]2C[C@@H]2c2ccccc2)c1CCC(=O)N[C@H]1C[C@@H]1c1ccccc1. The van der Waals surface area contributed by atoms with E-state index in [-0.39, 0.29) is 134 Å². The molecule has 5 aromatic rings. The van der Waals surface area contributed by atoms with Gasteiger partial charge in [0.2, 0.25) is 35.4 Å². The van der Waals surface area contributed by atoms with E-state index in [1.165, 1.54) is 0 Å². The summed E-state index contributed by atoms with van der Waals surface area (Å²) in [5, 5.41) is 12.6. The van der Waals surface area contributed by atoms with Crippen LogP contribution in [0.15, 0.2) is 121 Å². The molecule has 0 aliphatic heterocycles. The van der Waals surface area contributed by atoms with Crippen LogP contribution in [0.2, 0.25) is 0 Å². The van der Waals surface area contributed by atoms with E-state index in [0.717, 1.165) is 47.9 Å². The Bertz CT molecular complexity index is 2330. The Morgan fingerprint density at radius 2 is 0.559 bits per heavy atom. The molecule has 0 heterocycles. The molecular formula is C56H60N6O6. The Hall–Kier alpha value is -7.08. The maximum absolute atomic E-state index is 14.0. The fourth-order valence-corrected chi connectivity index (χ4v) is 10.4. The van der Waals surface area contributed by atoms with Gasteiger partial charge in [0.15, 0.2) is 0 Å². The third-order valence-electron chi connectivity index (χ3n) is 14.3. The van der Waals surface area contributed by atoms with Gasteiger partial charge in [0, 0.05) is 84.6 Å². The zero-order chi connectivity index (χ0) is 47.3. The van der Waals surface area contributed by atoms with Crippen molar-refractivity contribution in [2.75, 3.05) is 0 Å². The molecule has 0 bridgehead atoms. The van der Waals surface area contributed by atoms with Crippen molar-refractivity contribution < 1.29 is 28.8 Å². The first kappa shape index (κ1) is 46.0. The second kappa shape index (κ2) is 20.4. The van der Waals surface area contributed by atoms with Crippen molar-refractivity contribution in [3.8, 4) is 0 Å². The second-order valence-corrected chi connectivity index (χ2v) is 19.1. The number of primary amides is 2. The van der Waals surface area contributed by atoms with Crippen LogP contribution in [-0.4, -0.2) is 59.6 Å². The van der Waals surface area contributed by atoms with Gasteiger partial charge in [-0.2, -0.15) is 0 Å². The molecule has 0 saturated heterocycles. The maximum atomic E-state index is 14.0. The average Bonchev–Trinajstić information content (AvgIpc) is 4.14. The Balaban J connectivity index is 1.00. The van der Waals surface area contributed by atoms with Gasteiger partial charge in [0.1, 0.15) is 0 Å². The third kappa shape index (κ3) is 11.2. The van der Waals surface area contributed by atoms with Crippen molar-refractivity contribution in [2.24, 2.45) is 11.5 Å². The van der Waals surface area contributed by atoms with Crippen LogP contribution in [0.25, 0.3) is 0 Å². The molecule has 68 heavy (non-hydrogen) atoms. The number of nitrogens with one attached hydrogen (secondary N) is 4. The van der Waals surface area contributed by atoms with Crippen LogP contribution in [0.1, 0.15) is 140 Å². The lowest BCUT2D eigenvalue weighted by molar-refractivity contribution is -0.122. The van der Waals surface area contributed by atoms with Crippen LogP contribution >= 0.6 is 0 Å². The highest BCUT2D eigenvalue weighted by atomic mass is 16.2. The van der Waals surface area contributed by atoms with E-state index < -0.39 is 11.8 Å². The van der Waals surface area contributed by atoms with Gasteiger partial charge < -0.3 is 32.7 Å². The van der Waals surface area contributed by atoms with Crippen molar-refractivity contribution in [3.05, 3.63) is 177 Å². The summed E-state index contributed by atoms with van der Waals surface area (Å²) < 4.78 is 0. The minimum absolute atomic E-state index is 0.0200. The number of rotatable bonds is 22. The van der Waals surface area contributed by atoms with E-state index in [1.54, 1.807) is 0 Å². The van der Waals surface area contributed by atoms with E-state index in [2.05, 4.69) is 21.3 Å². The van der Waals surface area contributed by atoms with Gasteiger partial charge >= 0.3 is 0 Å². The lowest BCUT2D eigenvalue weighted by atomic mass is 9.79. The molecule has 4 fully saturated rings. The molecule has 0 aromatic heterocycles. The Morgan fingerprint density at radius 3 is 0.750 bits per heavy atom. The fourth-order valence-electron chi connectivity index (χ4n) is 10.4. The normalized spacial score (nSPS) is 22.8. The number of carbonyl (C=O) groups is 6. The van der Waals surface area contributed by atoms with E-state index in [1.807, 2.05) is 121 Å². The van der Waals surface area contributed by atoms with Gasteiger partial charge in [-0.25, -0.2) is 0 Å². The van der Waals surface area contributed by atoms with Crippen molar-refractivity contribution in [1.29, 1.82) is 0 Å². The molecule has 0 spiro atoms. The molecule has 4 saturated carbocycles. The van der Waals surface area contributed by atoms with Gasteiger partial charge in [0.05, 0.1) is 0 Å². The largest absolute Gasteiger partial charge is 0.366 e. The molecule has 9 rings (SSSR count). The summed E-state index contributed by atoms with van der Waals surface area (Å²) >= 11 is 0. The molecule has 8 N–H and O–H groups in total. The molecule has 350 valence electrons. The molecule has 4 aliphatic rings. The molecule has 6 amide bonds. The van der Waals surface area contributed by atoms with Crippen LogP contribution in [0, 0.1) is 0 Å². The van der Waals surface area contributed by atoms with Gasteiger partial charge in [-0.3, -0.25) is 28.8 Å². The van der Waals surface area contributed by atoms with E-state index >= 15 is 0 Å². The van der Waals surface area contributed by atoms with E-state index in [4.69, 9.17) is 11.5 Å². The lowest BCUT2D eigenvalue weighted by Crippen LogP contribution is -2.31. The monoisotopic (exact) mass is 912 g/mol. The van der Waals surface area contributed by atoms with Crippen molar-refractivity contribution in [3.63, 3.8) is 0 Å². The molecule has 12 nitrogen and oxygen atoms in total. The summed E-state index contributed by atoms with van der Waals surface area (Å²) in [7, 11) is 0. The third-order valence-corrected chi connectivity index (χ3v) is 14.3. The molecule has 4 aliphatic carbocycles. The Labute approximate surface area is 397 Å². The highest BCUT2D eigenvalue weighted by Gasteiger charge is 2.42. The van der Waals surface area contributed by atoms with Crippen LogP contribution in [0.3, 0.4) is 0 Å². The number of hydrogen-bond donors (Lipinski definition) is 6. The number of nitrogens with two attached hydrogens (primary N) is 2. The fraction of sp³-hybridized carbons (Fsp3) is 0.357. The number of amides is 6. The summed E-state index contributed by atoms with van der Waals surface area (Å²) in [6, 6.07) is 39.8. The predicted molar refractivity (Wildman–Crippen MR) is 260 cm³/mol. The van der Waals surface area contributed by atoms with Crippen LogP contribution in [-0.2, 0) is 44.9 Å². The van der Waals surface area contributed by atoms with Crippen molar-refractivity contribution in [1.82, 2.24) is 21.3 Å². The van der Waals surface area contributed by atoms with Crippen LogP contribution in [0.4, 0.5) is 0 Å². The highest BCUT2D eigenvalue weighted by Crippen LogP contribution is 2.44. The molecule has 5 aromatic carbocycles. The average molecular weight is 913 g/mol. The van der Waals surface area contributed by atoms with Crippen LogP contribution < -0.4 is 32.7 Å². The number of hydrogen-bond acceptors (Lipinski definition) is 6. The topological polar surface area (TPSA) is 203 Å². The molecular weight excluding hydrogens is 853 g/mol. The Kier molecular flexibility index (Phi) is 13.8. The first-order chi connectivity index (χ1) is 33.0. The first-order valence-corrected chi connectivity index (χ1v) is 24.2. The minimum atomic E-state index is -0.798. The summed E-state index contributed by atoms with van der Waals surface area (Å²) in [5.41, 5.74) is 18.9. The molecule has 8 atom stereocenters. The van der Waals surface area contributed by atoms with E-state index in [0.29, 0.717) is 22.3 Å². The zero-order valence-electron chi connectivity index (χ0n) is 38.3. The number of carbonyl (C=O) groups excluding carboxylic acids is 6. The number of benzene rings is 5. The summed E-state index contributed by atoms with van der Waals surface area (Å²) in [6.45, 7) is 0. The maximum Gasteiger partial charge on any atom is 0.249 e. The predicted octanol–water partition coefficient (Wildman–Crippen LogP) is 6.30. The quantitative estimate of drug-likeness (QED) is 0.0470. The van der Waals surface area contributed by atoms with Gasteiger partial charge in [-0.05, 0) is 95.9 Å². The van der Waals surface area contributed by atoms with Gasteiger partial charge in [-0.15, -0.1) is 0 Å². The first-order valence-electron chi connectivity index (χ1n) is 24.2. The van der Waals surface area contributed by atoms with Crippen LogP contribution in [0.5, 0.6) is 0 Å². The Morgan fingerprint density at radius 1 is 0.353 bits per heavy atom. The summed E-state index contributed by atoms with van der Waals surface area (Å²) in [6.07, 6.45) is 3.14. The second-order valence-electron chi connectivity index (χ2n) is 19.1. The van der Waals surface area contributed by atoms with Crippen molar-refractivity contribution in [2.45, 2.75) is 125 Å². The summed E-state index contributed by atoms with van der Waals surface area (Å²) in [4.78, 5) is 82.8. The van der Waals surface area contributed by atoms with Crippen molar-refractivity contribution >= 4 is 35.4 Å². The zero-order valence-corrected chi connectivity index (χ0v) is 38.3. The highest BCUT2D eigenvalue weighted by molar-refractivity contribution is 6.03. The standard InChI is InChI=1S/C56H60N6O6/c57-55(67)53-37(21-25-49(63)59-45-29-41(45)33-13-5-1-6-14-33)38(22-26-50(64)60-46-30-42(46)34-15-7-2-8-16-34)54(56(58)68)40(24-28-52(66)62-48-32-44(48)36-19-11-4-12-20-36)39(53)23-27-51(65)61-47-31-43(47)35-17-9-3-10-18-35/h1-20,41-48H,21-32H2,(H2,57,67)(H2,58,68)(H,59,63)(H,60,64)(H,61,65)(H,62,66)/t41-,42-,43-,44-,45+,46+,47+,48+/m1/s1. The molecule has 0 unspecified atom stereocenters. The lowest BCUT2D eigenvalue weighted by Gasteiger charge is -2.25. The van der Waals surface area contributed by atoms with Gasteiger partial charge in [0.25, 0.3) is 0 Å². The molecule has 0 radical (unpaired) electrons. The minimum Gasteiger partial charge on any atom is -0.366 e. The van der Waals surface area contributed by atoms with Gasteiger partial charge in [-0.1, -0.05) is 121 Å². The smallest absolute Gasteiger partial charge is 0.249 e. The van der Waals surface area contributed by atoms with E-state index in [9.17, 15) is 28.8 Å². The molecule has 12 heteroatoms.